The van der Waals surface area contributed by atoms with Crippen LogP contribution < -0.4 is 10.6 Å². The number of thioether (sulfide) groups is 2. The van der Waals surface area contributed by atoms with Gasteiger partial charge in [-0.3, -0.25) is 24.0 Å². The van der Waals surface area contributed by atoms with Gasteiger partial charge in [-0.2, -0.15) is 0 Å². The fourth-order valence-corrected chi connectivity index (χ4v) is 6.59. The fourth-order valence-electron chi connectivity index (χ4n) is 3.85. The zero-order valence-electron chi connectivity index (χ0n) is 20.1. The lowest BCUT2D eigenvalue weighted by molar-refractivity contribution is -0.157. The molecule has 2 unspecified atom stereocenters. The van der Waals surface area contributed by atoms with E-state index in [0.717, 1.165) is 16.4 Å². The Morgan fingerprint density at radius 2 is 2.15 bits per heavy atom. The van der Waals surface area contributed by atoms with Gasteiger partial charge in [-0.05, 0) is 22.6 Å². The number of nitrogens with one attached hydrogen (secondary N) is 2. The zero-order valence-corrected chi connectivity index (χ0v) is 21.7. The number of nitrogens with zero attached hydrogens (tertiary/aromatic N) is 7. The van der Waals surface area contributed by atoms with Crippen molar-refractivity contribution in [1.29, 1.82) is 0 Å². The number of aromatic nitrogens is 5. The lowest BCUT2D eigenvalue weighted by Gasteiger charge is -2.53. The van der Waals surface area contributed by atoms with Gasteiger partial charge in [-0.1, -0.05) is 23.0 Å². The molecule has 4 rings (SSSR count). The van der Waals surface area contributed by atoms with E-state index < -0.39 is 47.1 Å². The molecule has 3 amide bonds. The summed E-state index contributed by atoms with van der Waals surface area (Å²) in [6.45, 7) is -0.612. The molecule has 2 aliphatic rings. The Balaban J connectivity index is 1.43. The van der Waals surface area contributed by atoms with E-state index in [1.165, 1.54) is 35.9 Å². The summed E-state index contributed by atoms with van der Waals surface area (Å²) in [6, 6.07) is 3.58. The first kappa shape index (κ1) is 27.8. The Hall–Kier alpha value is -4.26. The van der Waals surface area contributed by atoms with Gasteiger partial charge in [0.1, 0.15) is 42.0 Å². The van der Waals surface area contributed by atoms with E-state index in [1.54, 1.807) is 6.07 Å². The fraction of sp³-hybridized carbons (Fsp3) is 0.400. The molecule has 39 heavy (non-hydrogen) atoms. The SMILES string of the molecule is CON=C(C(=O)NC1C(=O)N2CC(CSc3nnnn3CC(=O)O)(C(=O)O)CS[C@H]12)c1cccc(NC=O)n1. The average Bonchev–Trinajstić information content (AvgIpc) is 3.35. The molecular formula is C20H21N9O8S2. The molecule has 2 aliphatic heterocycles. The van der Waals surface area contributed by atoms with E-state index in [1.807, 2.05) is 0 Å². The number of hydrogen-bond acceptors (Lipinski definition) is 13. The largest absolute Gasteiger partial charge is 0.481 e. The van der Waals surface area contributed by atoms with Crippen LogP contribution in [0.3, 0.4) is 0 Å². The van der Waals surface area contributed by atoms with Crippen molar-refractivity contribution in [3.8, 4) is 0 Å². The highest BCUT2D eigenvalue weighted by Gasteiger charge is 2.57. The molecular weight excluding hydrogens is 558 g/mol. The van der Waals surface area contributed by atoms with Gasteiger partial charge in [0.25, 0.3) is 5.91 Å². The first-order valence-electron chi connectivity index (χ1n) is 11.0. The van der Waals surface area contributed by atoms with Crippen molar-refractivity contribution in [3.05, 3.63) is 23.9 Å². The van der Waals surface area contributed by atoms with Crippen LogP contribution in [0.2, 0.25) is 0 Å². The lowest BCUT2D eigenvalue weighted by atomic mass is 9.89. The number of hydrogen-bond donors (Lipinski definition) is 4. The van der Waals surface area contributed by atoms with Crippen LogP contribution >= 0.6 is 23.5 Å². The number of pyridine rings is 1. The van der Waals surface area contributed by atoms with Gasteiger partial charge >= 0.3 is 11.9 Å². The van der Waals surface area contributed by atoms with Crippen LogP contribution in [0.4, 0.5) is 5.82 Å². The van der Waals surface area contributed by atoms with Gasteiger partial charge in [0, 0.05) is 18.1 Å². The molecule has 4 heterocycles. The minimum Gasteiger partial charge on any atom is -0.481 e. The molecule has 2 fully saturated rings. The first-order chi connectivity index (χ1) is 18.7. The van der Waals surface area contributed by atoms with Crippen molar-refractivity contribution in [1.82, 2.24) is 35.4 Å². The maximum atomic E-state index is 13.0. The van der Waals surface area contributed by atoms with Crippen molar-refractivity contribution in [2.24, 2.45) is 10.6 Å². The third-order valence-electron chi connectivity index (χ3n) is 5.74. The number of carboxylic acids is 2. The normalized spacial score (nSPS) is 22.3. The molecule has 4 N–H and O–H groups in total. The second-order valence-corrected chi connectivity index (χ2v) is 10.3. The molecule has 17 nitrogen and oxygen atoms in total. The van der Waals surface area contributed by atoms with E-state index in [4.69, 9.17) is 9.94 Å². The summed E-state index contributed by atoms with van der Waals surface area (Å²) in [5, 5.41) is 38.1. The monoisotopic (exact) mass is 579 g/mol. The van der Waals surface area contributed by atoms with Crippen molar-refractivity contribution in [3.63, 3.8) is 0 Å². The maximum Gasteiger partial charge on any atom is 0.325 e. The second-order valence-electron chi connectivity index (χ2n) is 8.30. The Bertz CT molecular complexity index is 1340. The highest BCUT2D eigenvalue weighted by molar-refractivity contribution is 8.00. The first-order valence-corrected chi connectivity index (χ1v) is 13.1. The Labute approximate surface area is 227 Å². The third-order valence-corrected chi connectivity index (χ3v) is 8.58. The van der Waals surface area contributed by atoms with Gasteiger partial charge in [-0.15, -0.1) is 16.9 Å². The molecule has 3 atom stereocenters. The maximum absolute atomic E-state index is 13.0. The van der Waals surface area contributed by atoms with Gasteiger partial charge in [0.05, 0.1) is 0 Å². The lowest BCUT2D eigenvalue weighted by Crippen LogP contribution is -2.74. The molecule has 0 aromatic carbocycles. The van der Waals surface area contributed by atoms with Crippen LogP contribution in [0.25, 0.3) is 0 Å². The number of carbonyl (C=O) groups is 5. The van der Waals surface area contributed by atoms with Gasteiger partial charge < -0.3 is 30.6 Å². The summed E-state index contributed by atoms with van der Waals surface area (Å²) in [4.78, 5) is 70.2. The number of rotatable bonds is 12. The predicted molar refractivity (Wildman–Crippen MR) is 134 cm³/mol. The van der Waals surface area contributed by atoms with Crippen LogP contribution in [-0.2, 0) is 35.4 Å². The van der Waals surface area contributed by atoms with Crippen LogP contribution in [0.1, 0.15) is 5.69 Å². The number of carbonyl (C=O) groups excluding carboxylic acids is 3. The topological polar surface area (TPSA) is 231 Å². The molecule has 2 saturated heterocycles. The van der Waals surface area contributed by atoms with E-state index >= 15 is 0 Å². The van der Waals surface area contributed by atoms with Crippen molar-refractivity contribution in [2.45, 2.75) is 23.1 Å². The average molecular weight is 580 g/mol. The van der Waals surface area contributed by atoms with Crippen molar-refractivity contribution >= 4 is 65.2 Å². The van der Waals surface area contributed by atoms with E-state index in [9.17, 15) is 29.1 Å². The third kappa shape index (κ3) is 5.77. The number of amides is 3. The van der Waals surface area contributed by atoms with Crippen LogP contribution in [-0.4, -0.2) is 113 Å². The molecule has 0 spiro atoms. The standard InChI is InChI=1S/C20H21N9O8S2/c1-37-25-13(10-3-2-4-11(22-10)21-9-30)15(33)23-14-16(34)28-6-20(18(35)36,7-38-17(14)28)8-39-19-24-26-27-29(19)5-12(31)32/h2-4,9,14,17H,5-8H2,1H3,(H,23,33)(H,31,32)(H,35,36)(H,21,22,30)/t14?,17-,20?/m1/s1. The number of oxime groups is 1. The van der Waals surface area contributed by atoms with E-state index in [2.05, 4.69) is 36.3 Å². The number of β-lactam (4-membered cyclic amide) rings is 1. The van der Waals surface area contributed by atoms with E-state index in [-0.39, 0.29) is 40.4 Å². The summed E-state index contributed by atoms with van der Waals surface area (Å²) < 4.78 is 1.04. The second kappa shape index (κ2) is 11.6. The summed E-state index contributed by atoms with van der Waals surface area (Å²) in [7, 11) is 1.23. The number of tetrazole rings is 1. The molecule has 0 aliphatic carbocycles. The highest BCUT2D eigenvalue weighted by Crippen LogP contribution is 2.44. The number of carboxylic acid groups (broad SMARTS) is 2. The Morgan fingerprint density at radius 1 is 1.36 bits per heavy atom. The van der Waals surface area contributed by atoms with Crippen LogP contribution in [0.15, 0.2) is 28.5 Å². The van der Waals surface area contributed by atoms with Crippen LogP contribution in [0.5, 0.6) is 0 Å². The summed E-state index contributed by atoms with van der Waals surface area (Å²) >= 11 is 2.17. The van der Waals surface area contributed by atoms with Crippen LogP contribution in [0, 0.1) is 5.41 Å². The molecule has 0 radical (unpaired) electrons. The minimum atomic E-state index is -1.37. The predicted octanol–water partition coefficient (Wildman–Crippen LogP) is -1.67. The number of anilines is 1. The molecule has 2 aromatic heterocycles. The summed E-state index contributed by atoms with van der Waals surface area (Å²) in [5.41, 5.74) is -1.50. The van der Waals surface area contributed by atoms with Gasteiger partial charge in [-0.25, -0.2) is 9.67 Å². The van der Waals surface area contributed by atoms with Crippen molar-refractivity contribution < 1.29 is 39.0 Å². The van der Waals surface area contributed by atoms with Crippen molar-refractivity contribution in [2.75, 3.05) is 30.5 Å². The molecule has 19 heteroatoms. The van der Waals surface area contributed by atoms with Gasteiger partial charge in [0.2, 0.25) is 17.5 Å². The summed E-state index contributed by atoms with van der Waals surface area (Å²) in [5.74, 6) is -3.26. The smallest absolute Gasteiger partial charge is 0.325 e. The quantitative estimate of drug-likeness (QED) is 0.0724. The van der Waals surface area contributed by atoms with E-state index in [0.29, 0.717) is 6.41 Å². The zero-order chi connectivity index (χ0) is 28.2. The molecule has 0 saturated carbocycles. The summed E-state index contributed by atoms with van der Waals surface area (Å²) in [6.07, 6.45) is 0.425. The van der Waals surface area contributed by atoms with Gasteiger partial charge in [0.15, 0.2) is 5.71 Å². The molecule has 2 aromatic rings. The molecule has 206 valence electrons. The number of aliphatic carboxylic acids is 2. The highest BCUT2D eigenvalue weighted by atomic mass is 32.2. The minimum absolute atomic E-state index is 0.0235. The Morgan fingerprint density at radius 3 is 2.85 bits per heavy atom. The Kier molecular flexibility index (Phi) is 8.29. The molecule has 0 bridgehead atoms. The number of fused-ring (bicyclic) bond motifs is 1.